The summed E-state index contributed by atoms with van der Waals surface area (Å²) in [7, 11) is 0. The zero-order chi connectivity index (χ0) is 13.0. The molecule has 1 atom stereocenters. The standard InChI is InChI=1S/C15H20N2S/c1-4-16-15(9-14-10-18-12(3)17-14)13-7-5-11(2)6-8-13/h5-8,10,15-16H,4,9H2,1-3H3. The highest BCUT2D eigenvalue weighted by Gasteiger charge is 2.12. The molecule has 0 aliphatic heterocycles. The first-order valence-electron chi connectivity index (χ1n) is 6.40. The van der Waals surface area contributed by atoms with Crippen LogP contribution in [0.15, 0.2) is 29.6 Å². The van der Waals surface area contributed by atoms with Gasteiger partial charge in [-0.25, -0.2) is 4.98 Å². The quantitative estimate of drug-likeness (QED) is 0.887. The van der Waals surface area contributed by atoms with E-state index in [2.05, 4.69) is 60.7 Å². The number of benzene rings is 1. The number of nitrogens with one attached hydrogen (secondary N) is 1. The lowest BCUT2D eigenvalue weighted by molar-refractivity contribution is 0.545. The normalized spacial score (nSPS) is 12.6. The van der Waals surface area contributed by atoms with Gasteiger partial charge >= 0.3 is 0 Å². The summed E-state index contributed by atoms with van der Waals surface area (Å²) < 4.78 is 0. The van der Waals surface area contributed by atoms with Gasteiger partial charge in [0.1, 0.15) is 0 Å². The molecule has 3 heteroatoms. The van der Waals surface area contributed by atoms with E-state index in [-0.39, 0.29) is 0 Å². The van der Waals surface area contributed by atoms with E-state index in [0.29, 0.717) is 6.04 Å². The van der Waals surface area contributed by atoms with Gasteiger partial charge in [-0.3, -0.25) is 0 Å². The van der Waals surface area contributed by atoms with Crippen molar-refractivity contribution >= 4 is 11.3 Å². The minimum Gasteiger partial charge on any atom is -0.310 e. The Hall–Kier alpha value is -1.19. The Morgan fingerprint density at radius 1 is 1.22 bits per heavy atom. The molecule has 1 heterocycles. The fourth-order valence-corrected chi connectivity index (χ4v) is 2.69. The smallest absolute Gasteiger partial charge is 0.0897 e. The summed E-state index contributed by atoms with van der Waals surface area (Å²) in [4.78, 5) is 4.55. The molecule has 1 aromatic heterocycles. The fourth-order valence-electron chi connectivity index (χ4n) is 2.06. The number of aryl methyl sites for hydroxylation is 2. The maximum atomic E-state index is 4.55. The van der Waals surface area contributed by atoms with Gasteiger partial charge in [-0.05, 0) is 26.0 Å². The van der Waals surface area contributed by atoms with Gasteiger partial charge in [-0.2, -0.15) is 0 Å². The Morgan fingerprint density at radius 3 is 2.50 bits per heavy atom. The van der Waals surface area contributed by atoms with Crippen molar-refractivity contribution in [3.8, 4) is 0 Å². The van der Waals surface area contributed by atoms with E-state index in [1.165, 1.54) is 16.8 Å². The van der Waals surface area contributed by atoms with Crippen LogP contribution in [0.1, 0.15) is 34.8 Å². The molecule has 2 nitrogen and oxygen atoms in total. The molecule has 0 saturated carbocycles. The van der Waals surface area contributed by atoms with Crippen LogP contribution in [0.25, 0.3) is 0 Å². The van der Waals surface area contributed by atoms with Gasteiger partial charge in [0.25, 0.3) is 0 Å². The Balaban J connectivity index is 2.14. The Bertz CT molecular complexity index is 487. The second kappa shape index (κ2) is 6.12. The summed E-state index contributed by atoms with van der Waals surface area (Å²) in [5.74, 6) is 0. The molecule has 0 bridgehead atoms. The van der Waals surface area contributed by atoms with Gasteiger partial charge < -0.3 is 5.32 Å². The van der Waals surface area contributed by atoms with Crippen molar-refractivity contribution in [3.63, 3.8) is 0 Å². The lowest BCUT2D eigenvalue weighted by atomic mass is 10.0. The largest absolute Gasteiger partial charge is 0.310 e. The summed E-state index contributed by atoms with van der Waals surface area (Å²) in [6, 6.07) is 9.12. The molecule has 0 aliphatic rings. The molecule has 96 valence electrons. The first kappa shape index (κ1) is 13.2. The topological polar surface area (TPSA) is 24.9 Å². The third-order valence-corrected chi connectivity index (χ3v) is 3.83. The van der Waals surface area contributed by atoms with Crippen LogP contribution in [0.3, 0.4) is 0 Å². The van der Waals surface area contributed by atoms with Crippen molar-refractivity contribution in [1.29, 1.82) is 0 Å². The molecule has 2 aromatic rings. The number of nitrogens with zero attached hydrogens (tertiary/aromatic N) is 1. The van der Waals surface area contributed by atoms with Crippen molar-refractivity contribution in [3.05, 3.63) is 51.5 Å². The second-order valence-corrected chi connectivity index (χ2v) is 5.65. The predicted molar refractivity (Wildman–Crippen MR) is 78.2 cm³/mol. The molecule has 0 spiro atoms. The molecule has 18 heavy (non-hydrogen) atoms. The van der Waals surface area contributed by atoms with Crippen LogP contribution in [-0.2, 0) is 6.42 Å². The van der Waals surface area contributed by atoms with Gasteiger partial charge in [0.2, 0.25) is 0 Å². The minimum atomic E-state index is 0.358. The molecular weight excluding hydrogens is 240 g/mol. The predicted octanol–water partition coefficient (Wildman–Crippen LogP) is 3.65. The molecule has 0 aliphatic carbocycles. The Labute approximate surface area is 113 Å². The van der Waals surface area contributed by atoms with Crippen LogP contribution in [0.4, 0.5) is 0 Å². The molecule has 1 N–H and O–H groups in total. The Kier molecular flexibility index (Phi) is 4.50. The van der Waals surface area contributed by atoms with Crippen molar-refractivity contribution in [1.82, 2.24) is 10.3 Å². The molecule has 0 saturated heterocycles. The summed E-state index contributed by atoms with van der Waals surface area (Å²) in [5.41, 5.74) is 3.83. The van der Waals surface area contributed by atoms with E-state index in [4.69, 9.17) is 0 Å². The van der Waals surface area contributed by atoms with Crippen LogP contribution >= 0.6 is 11.3 Å². The lowest BCUT2D eigenvalue weighted by Crippen LogP contribution is -2.23. The van der Waals surface area contributed by atoms with Crippen molar-refractivity contribution in [2.45, 2.75) is 33.2 Å². The highest BCUT2D eigenvalue weighted by molar-refractivity contribution is 7.09. The van der Waals surface area contributed by atoms with Crippen LogP contribution in [-0.4, -0.2) is 11.5 Å². The summed E-state index contributed by atoms with van der Waals surface area (Å²) in [6.45, 7) is 7.30. The van der Waals surface area contributed by atoms with E-state index in [0.717, 1.165) is 18.0 Å². The zero-order valence-corrected chi connectivity index (χ0v) is 12.1. The molecule has 0 fully saturated rings. The number of hydrogen-bond acceptors (Lipinski definition) is 3. The van der Waals surface area contributed by atoms with Crippen molar-refractivity contribution < 1.29 is 0 Å². The average Bonchev–Trinajstić information content (AvgIpc) is 2.75. The number of rotatable bonds is 5. The van der Waals surface area contributed by atoms with Crippen LogP contribution < -0.4 is 5.32 Å². The first-order chi connectivity index (χ1) is 8.69. The average molecular weight is 260 g/mol. The van der Waals surface area contributed by atoms with Crippen LogP contribution in [0.5, 0.6) is 0 Å². The van der Waals surface area contributed by atoms with E-state index in [1.54, 1.807) is 11.3 Å². The highest BCUT2D eigenvalue weighted by Crippen LogP contribution is 2.20. The molecular formula is C15H20N2S. The number of aromatic nitrogens is 1. The summed E-state index contributed by atoms with van der Waals surface area (Å²) in [5, 5.41) is 6.84. The summed E-state index contributed by atoms with van der Waals surface area (Å²) >= 11 is 1.72. The van der Waals surface area contributed by atoms with Gasteiger partial charge in [0.05, 0.1) is 10.7 Å². The van der Waals surface area contributed by atoms with E-state index in [9.17, 15) is 0 Å². The monoisotopic (exact) mass is 260 g/mol. The molecule has 0 radical (unpaired) electrons. The SMILES string of the molecule is CCNC(Cc1csc(C)n1)c1ccc(C)cc1. The number of likely N-dealkylation sites (N-methyl/N-ethyl adjacent to an activating group) is 1. The molecule has 0 amide bonds. The summed E-state index contributed by atoms with van der Waals surface area (Å²) in [6.07, 6.45) is 0.960. The van der Waals surface area contributed by atoms with Crippen LogP contribution in [0.2, 0.25) is 0 Å². The van der Waals surface area contributed by atoms with Gasteiger partial charge in [-0.15, -0.1) is 11.3 Å². The molecule has 1 unspecified atom stereocenters. The number of thiazole rings is 1. The van der Waals surface area contributed by atoms with Crippen LogP contribution in [0, 0.1) is 13.8 Å². The second-order valence-electron chi connectivity index (χ2n) is 4.58. The maximum Gasteiger partial charge on any atom is 0.0897 e. The van der Waals surface area contributed by atoms with Gasteiger partial charge in [-0.1, -0.05) is 36.8 Å². The van der Waals surface area contributed by atoms with Gasteiger partial charge in [0.15, 0.2) is 0 Å². The third-order valence-electron chi connectivity index (χ3n) is 3.01. The van der Waals surface area contributed by atoms with E-state index < -0.39 is 0 Å². The highest BCUT2D eigenvalue weighted by atomic mass is 32.1. The number of hydrogen-bond donors (Lipinski definition) is 1. The zero-order valence-electron chi connectivity index (χ0n) is 11.2. The molecule has 2 rings (SSSR count). The first-order valence-corrected chi connectivity index (χ1v) is 7.28. The van der Waals surface area contributed by atoms with Crippen molar-refractivity contribution in [2.24, 2.45) is 0 Å². The van der Waals surface area contributed by atoms with Crippen molar-refractivity contribution in [2.75, 3.05) is 6.54 Å². The van der Waals surface area contributed by atoms with Gasteiger partial charge in [0, 0.05) is 17.8 Å². The maximum absolute atomic E-state index is 4.55. The van der Waals surface area contributed by atoms with E-state index >= 15 is 0 Å². The van der Waals surface area contributed by atoms with E-state index in [1.807, 2.05) is 0 Å². The Morgan fingerprint density at radius 2 is 1.94 bits per heavy atom. The minimum absolute atomic E-state index is 0.358. The fraction of sp³-hybridized carbons (Fsp3) is 0.400. The lowest BCUT2D eigenvalue weighted by Gasteiger charge is -2.17. The molecule has 1 aromatic carbocycles. The third kappa shape index (κ3) is 3.40.